The zero-order chi connectivity index (χ0) is 18.8. The van der Waals surface area contributed by atoms with Crippen LogP contribution in [0.25, 0.3) is 0 Å². The average Bonchev–Trinajstić information content (AvgIpc) is 2.85. The highest BCUT2D eigenvalue weighted by atomic mass is 35.5. The molecule has 3 rings (SSSR count). The molecule has 6 nitrogen and oxygen atoms in total. The van der Waals surface area contributed by atoms with Crippen LogP contribution in [0.5, 0.6) is 5.75 Å². The predicted molar refractivity (Wildman–Crippen MR) is 98.1 cm³/mol. The summed E-state index contributed by atoms with van der Waals surface area (Å²) in [4.78, 5) is 37.9. The predicted octanol–water partition coefficient (Wildman–Crippen LogP) is 3.63. The molecule has 3 amide bonds. The van der Waals surface area contributed by atoms with Gasteiger partial charge in [0.1, 0.15) is 5.75 Å². The highest BCUT2D eigenvalue weighted by molar-refractivity contribution is 6.37. The number of nitrogens with zero attached hydrogens (tertiary/aromatic N) is 1. The van der Waals surface area contributed by atoms with Gasteiger partial charge in [-0.3, -0.25) is 19.3 Å². The van der Waals surface area contributed by atoms with Crippen LogP contribution in [0.3, 0.4) is 0 Å². The lowest BCUT2D eigenvalue weighted by Gasteiger charge is -2.14. The van der Waals surface area contributed by atoms with E-state index in [2.05, 4.69) is 5.32 Å². The first-order valence-corrected chi connectivity index (χ1v) is 8.46. The Kier molecular flexibility index (Phi) is 5.15. The quantitative estimate of drug-likeness (QED) is 0.788. The van der Waals surface area contributed by atoms with Crippen molar-refractivity contribution in [3.8, 4) is 5.75 Å². The monoisotopic (exact) mass is 392 g/mol. The number of amides is 3. The molecular weight excluding hydrogens is 379 g/mol. The first kappa shape index (κ1) is 18.2. The fraction of sp³-hybridized carbons (Fsp3) is 0.167. The Morgan fingerprint density at radius 2 is 1.88 bits per heavy atom. The second-order valence-electron chi connectivity index (χ2n) is 5.57. The average molecular weight is 393 g/mol. The van der Waals surface area contributed by atoms with Crippen molar-refractivity contribution >= 4 is 46.6 Å². The molecule has 0 radical (unpaired) electrons. The third-order valence-electron chi connectivity index (χ3n) is 3.95. The van der Waals surface area contributed by atoms with E-state index < -0.39 is 11.8 Å². The molecule has 8 heteroatoms. The van der Waals surface area contributed by atoms with Crippen LogP contribution in [-0.2, 0) is 4.79 Å². The summed E-state index contributed by atoms with van der Waals surface area (Å²) in [6, 6.07) is 9.53. The second-order valence-corrected chi connectivity index (χ2v) is 6.39. The Labute approximate surface area is 159 Å². The lowest BCUT2D eigenvalue weighted by molar-refractivity contribution is -0.116. The first-order valence-electron chi connectivity index (χ1n) is 7.70. The van der Waals surface area contributed by atoms with E-state index in [-0.39, 0.29) is 35.0 Å². The molecule has 0 bridgehead atoms. The maximum Gasteiger partial charge on any atom is 0.263 e. The number of hydrogen-bond donors (Lipinski definition) is 1. The Morgan fingerprint density at radius 3 is 2.54 bits per heavy atom. The number of carbonyl (C=O) groups excluding carboxylic acids is 3. The molecule has 1 aliphatic rings. The van der Waals surface area contributed by atoms with Crippen LogP contribution in [0, 0.1) is 0 Å². The summed E-state index contributed by atoms with van der Waals surface area (Å²) in [6.07, 6.45) is -0.0489. The summed E-state index contributed by atoms with van der Waals surface area (Å²) in [7, 11) is 1.49. The number of anilines is 1. The van der Waals surface area contributed by atoms with Gasteiger partial charge in [-0.2, -0.15) is 0 Å². The van der Waals surface area contributed by atoms with Gasteiger partial charge >= 0.3 is 0 Å². The van der Waals surface area contributed by atoms with Gasteiger partial charge in [0.05, 0.1) is 28.3 Å². The molecule has 0 aromatic heterocycles. The fourth-order valence-corrected chi connectivity index (χ4v) is 3.19. The van der Waals surface area contributed by atoms with E-state index in [9.17, 15) is 14.4 Å². The third-order valence-corrected chi connectivity index (χ3v) is 4.56. The molecule has 0 saturated carbocycles. The van der Waals surface area contributed by atoms with E-state index >= 15 is 0 Å². The molecule has 0 atom stereocenters. The lowest BCUT2D eigenvalue weighted by Crippen LogP contribution is -2.32. The van der Waals surface area contributed by atoms with E-state index in [0.717, 1.165) is 4.90 Å². The molecule has 134 valence electrons. The zero-order valence-corrected chi connectivity index (χ0v) is 15.2. The Bertz CT molecular complexity index is 914. The van der Waals surface area contributed by atoms with Crippen molar-refractivity contribution in [2.75, 3.05) is 19.0 Å². The summed E-state index contributed by atoms with van der Waals surface area (Å²) in [6.45, 7) is -0.0433. The maximum atomic E-state index is 12.4. The Morgan fingerprint density at radius 1 is 1.12 bits per heavy atom. The van der Waals surface area contributed by atoms with E-state index in [1.165, 1.54) is 7.11 Å². The molecule has 1 N–H and O–H groups in total. The first-order chi connectivity index (χ1) is 12.4. The minimum atomic E-state index is -0.490. The van der Waals surface area contributed by atoms with Crippen molar-refractivity contribution < 1.29 is 19.1 Å². The molecule has 1 heterocycles. The number of imide groups is 1. The van der Waals surface area contributed by atoms with Crippen molar-refractivity contribution in [2.45, 2.75) is 6.42 Å². The van der Waals surface area contributed by atoms with Crippen molar-refractivity contribution in [1.29, 1.82) is 0 Å². The van der Waals surface area contributed by atoms with Crippen LogP contribution in [0.4, 0.5) is 5.69 Å². The summed E-state index contributed by atoms with van der Waals surface area (Å²) >= 11 is 12.0. The summed E-state index contributed by atoms with van der Waals surface area (Å²) in [5.41, 5.74) is 0.928. The van der Waals surface area contributed by atoms with Crippen LogP contribution < -0.4 is 10.1 Å². The lowest BCUT2D eigenvalue weighted by atomic mass is 10.1. The van der Waals surface area contributed by atoms with Gasteiger partial charge in [-0.25, -0.2) is 0 Å². The summed E-state index contributed by atoms with van der Waals surface area (Å²) < 4.78 is 5.05. The van der Waals surface area contributed by atoms with Crippen molar-refractivity contribution in [3.63, 3.8) is 0 Å². The largest absolute Gasteiger partial charge is 0.495 e. The smallest absolute Gasteiger partial charge is 0.263 e. The van der Waals surface area contributed by atoms with Crippen molar-refractivity contribution in [3.05, 3.63) is 57.6 Å². The highest BCUT2D eigenvalue weighted by Gasteiger charge is 2.37. The van der Waals surface area contributed by atoms with Gasteiger partial charge in [-0.05, 0) is 30.3 Å². The molecule has 2 aromatic carbocycles. The van der Waals surface area contributed by atoms with Gasteiger partial charge in [0.2, 0.25) is 5.91 Å². The van der Waals surface area contributed by atoms with Crippen LogP contribution in [-0.4, -0.2) is 36.3 Å². The van der Waals surface area contributed by atoms with Crippen LogP contribution in [0.15, 0.2) is 36.4 Å². The standard InChI is InChI=1S/C18H14Cl2N2O4/c1-26-14-6-5-10(9-13(14)20)21-15(23)7-8-22-17(24)11-3-2-4-12(19)16(11)18(22)25/h2-6,9H,7-8H2,1H3,(H,21,23). The zero-order valence-electron chi connectivity index (χ0n) is 13.7. The number of nitrogens with one attached hydrogen (secondary N) is 1. The van der Waals surface area contributed by atoms with Gasteiger partial charge < -0.3 is 10.1 Å². The molecule has 2 aromatic rings. The van der Waals surface area contributed by atoms with Gasteiger partial charge in [0.25, 0.3) is 11.8 Å². The molecule has 0 unspecified atom stereocenters. The van der Waals surface area contributed by atoms with Gasteiger partial charge in [-0.1, -0.05) is 29.3 Å². The minimum absolute atomic E-state index is 0.0433. The maximum absolute atomic E-state index is 12.4. The SMILES string of the molecule is COc1ccc(NC(=O)CCN2C(=O)c3cccc(Cl)c3C2=O)cc1Cl. The number of halogens is 2. The fourth-order valence-electron chi connectivity index (χ4n) is 2.68. The summed E-state index contributed by atoms with van der Waals surface area (Å²) in [5.74, 6) is -0.801. The molecule has 1 aliphatic heterocycles. The van der Waals surface area contributed by atoms with Gasteiger partial charge in [0, 0.05) is 18.7 Å². The topological polar surface area (TPSA) is 75.7 Å². The highest BCUT2D eigenvalue weighted by Crippen LogP contribution is 2.29. The molecule has 26 heavy (non-hydrogen) atoms. The van der Waals surface area contributed by atoms with Crippen LogP contribution in [0.2, 0.25) is 10.0 Å². The number of methoxy groups -OCH3 is 1. The van der Waals surface area contributed by atoms with Crippen molar-refractivity contribution in [1.82, 2.24) is 4.90 Å². The number of carbonyl (C=O) groups is 3. The number of ether oxygens (including phenoxy) is 1. The third kappa shape index (κ3) is 3.38. The van der Waals surface area contributed by atoms with E-state index in [1.54, 1.807) is 36.4 Å². The Balaban J connectivity index is 1.64. The van der Waals surface area contributed by atoms with Gasteiger partial charge in [0.15, 0.2) is 0 Å². The molecular formula is C18H14Cl2N2O4. The number of benzene rings is 2. The van der Waals surface area contributed by atoms with Crippen LogP contribution in [0.1, 0.15) is 27.1 Å². The van der Waals surface area contributed by atoms with E-state index in [1.807, 2.05) is 0 Å². The van der Waals surface area contributed by atoms with Gasteiger partial charge in [-0.15, -0.1) is 0 Å². The summed E-state index contributed by atoms with van der Waals surface area (Å²) in [5, 5.41) is 3.25. The Hall–Kier alpha value is -2.57. The van der Waals surface area contributed by atoms with E-state index in [0.29, 0.717) is 16.5 Å². The second kappa shape index (κ2) is 7.35. The van der Waals surface area contributed by atoms with E-state index in [4.69, 9.17) is 27.9 Å². The molecule has 0 aliphatic carbocycles. The number of hydrogen-bond acceptors (Lipinski definition) is 4. The number of rotatable bonds is 5. The van der Waals surface area contributed by atoms with Crippen molar-refractivity contribution in [2.24, 2.45) is 0 Å². The molecule has 0 spiro atoms. The molecule has 0 fully saturated rings. The minimum Gasteiger partial charge on any atom is -0.495 e. The van der Waals surface area contributed by atoms with Crippen LogP contribution >= 0.6 is 23.2 Å². The normalized spacial score (nSPS) is 13.0. The number of fused-ring (bicyclic) bond motifs is 1. The molecule has 0 saturated heterocycles.